The van der Waals surface area contributed by atoms with Gasteiger partial charge in [-0.1, -0.05) is 18.2 Å². The zero-order valence-corrected chi connectivity index (χ0v) is 8.70. The van der Waals surface area contributed by atoms with Crippen LogP contribution >= 0.6 is 0 Å². The lowest BCUT2D eigenvalue weighted by Crippen LogP contribution is -2.11. The molecular formula is C12H9NO4. The molecule has 5 nitrogen and oxygen atoms in total. The molecule has 0 atom stereocenters. The summed E-state index contributed by atoms with van der Waals surface area (Å²) >= 11 is 0. The molecule has 86 valence electrons. The fourth-order valence-corrected chi connectivity index (χ4v) is 1.63. The third-order valence-corrected chi connectivity index (χ3v) is 2.35. The second-order valence-corrected chi connectivity index (χ2v) is 3.39. The van der Waals surface area contributed by atoms with Crippen LogP contribution in [-0.4, -0.2) is 26.7 Å². The van der Waals surface area contributed by atoms with E-state index in [1.807, 2.05) is 0 Å². The molecule has 0 aliphatic rings. The number of para-hydroxylation sites is 1. The third-order valence-electron chi connectivity index (χ3n) is 2.35. The second-order valence-electron chi connectivity index (χ2n) is 3.39. The molecule has 1 aromatic carbocycles. The minimum atomic E-state index is -1.27. The van der Waals surface area contributed by atoms with Crippen molar-refractivity contribution in [1.82, 2.24) is 4.57 Å². The van der Waals surface area contributed by atoms with Crippen LogP contribution in [0.2, 0.25) is 0 Å². The molecule has 17 heavy (non-hydrogen) atoms. The minimum Gasteiger partial charge on any atom is -0.478 e. The molecule has 0 radical (unpaired) electrons. The quantitative estimate of drug-likeness (QED) is 0.845. The van der Waals surface area contributed by atoms with Crippen LogP contribution in [0.5, 0.6) is 0 Å². The lowest BCUT2D eigenvalue weighted by atomic mass is 10.2. The topological polar surface area (TPSA) is 79.5 Å². The Morgan fingerprint density at radius 3 is 2.12 bits per heavy atom. The van der Waals surface area contributed by atoms with Crippen molar-refractivity contribution in [2.75, 3.05) is 0 Å². The average Bonchev–Trinajstić information content (AvgIpc) is 2.74. The molecule has 0 bridgehead atoms. The monoisotopic (exact) mass is 231 g/mol. The van der Waals surface area contributed by atoms with Gasteiger partial charge in [-0.15, -0.1) is 0 Å². The van der Waals surface area contributed by atoms with Gasteiger partial charge < -0.3 is 14.8 Å². The van der Waals surface area contributed by atoms with Gasteiger partial charge in [-0.2, -0.15) is 0 Å². The number of benzene rings is 1. The van der Waals surface area contributed by atoms with Gasteiger partial charge in [0.1, 0.15) is 5.69 Å². The maximum absolute atomic E-state index is 11.1. The van der Waals surface area contributed by atoms with Crippen LogP contribution in [0.15, 0.2) is 42.6 Å². The molecule has 5 heteroatoms. The molecule has 1 heterocycles. The largest absolute Gasteiger partial charge is 0.478 e. The number of hydrogen-bond acceptors (Lipinski definition) is 2. The summed E-state index contributed by atoms with van der Waals surface area (Å²) in [5, 5.41) is 18.0. The van der Waals surface area contributed by atoms with Crippen LogP contribution in [0.1, 0.15) is 20.8 Å². The standard InChI is InChI=1S/C12H9NO4/c14-11(15)9-6-7-13(10(9)12(16)17)8-4-2-1-3-5-8/h1-7H,(H,14,15)(H,16,17). The first kappa shape index (κ1) is 10.9. The number of carbonyl (C=O) groups is 2. The van der Waals surface area contributed by atoms with Crippen molar-refractivity contribution in [2.45, 2.75) is 0 Å². The number of carboxylic acids is 2. The van der Waals surface area contributed by atoms with Crippen LogP contribution in [0.4, 0.5) is 0 Å². The number of hydrogen-bond donors (Lipinski definition) is 2. The van der Waals surface area contributed by atoms with E-state index in [-0.39, 0.29) is 11.3 Å². The molecule has 0 fully saturated rings. The smallest absolute Gasteiger partial charge is 0.353 e. The van der Waals surface area contributed by atoms with E-state index in [0.29, 0.717) is 5.69 Å². The first-order chi connectivity index (χ1) is 8.11. The Morgan fingerprint density at radius 1 is 0.941 bits per heavy atom. The number of rotatable bonds is 3. The first-order valence-electron chi connectivity index (χ1n) is 4.84. The zero-order chi connectivity index (χ0) is 12.4. The summed E-state index contributed by atoms with van der Waals surface area (Å²) in [5.74, 6) is -2.52. The summed E-state index contributed by atoms with van der Waals surface area (Å²) in [7, 11) is 0. The van der Waals surface area contributed by atoms with Crippen molar-refractivity contribution >= 4 is 11.9 Å². The molecule has 0 saturated carbocycles. The average molecular weight is 231 g/mol. The van der Waals surface area contributed by atoms with Crippen molar-refractivity contribution in [3.05, 3.63) is 53.9 Å². The van der Waals surface area contributed by atoms with Gasteiger partial charge in [-0.25, -0.2) is 9.59 Å². The van der Waals surface area contributed by atoms with Gasteiger partial charge >= 0.3 is 11.9 Å². The van der Waals surface area contributed by atoms with Gasteiger partial charge in [0.2, 0.25) is 0 Å². The number of nitrogens with zero attached hydrogens (tertiary/aromatic N) is 1. The van der Waals surface area contributed by atoms with Crippen molar-refractivity contribution in [3.8, 4) is 5.69 Å². The van der Waals surface area contributed by atoms with Crippen LogP contribution in [0, 0.1) is 0 Å². The molecule has 2 N–H and O–H groups in total. The lowest BCUT2D eigenvalue weighted by Gasteiger charge is -2.06. The van der Waals surface area contributed by atoms with Crippen LogP contribution < -0.4 is 0 Å². The van der Waals surface area contributed by atoms with E-state index in [2.05, 4.69) is 0 Å². The lowest BCUT2D eigenvalue weighted by molar-refractivity contribution is 0.0646. The minimum absolute atomic E-state index is 0.221. The molecule has 0 amide bonds. The van der Waals surface area contributed by atoms with E-state index in [1.165, 1.54) is 16.8 Å². The number of aromatic nitrogens is 1. The van der Waals surface area contributed by atoms with Gasteiger partial charge in [-0.3, -0.25) is 0 Å². The van der Waals surface area contributed by atoms with E-state index in [9.17, 15) is 9.59 Å². The van der Waals surface area contributed by atoms with Crippen molar-refractivity contribution in [3.63, 3.8) is 0 Å². The fourth-order valence-electron chi connectivity index (χ4n) is 1.63. The highest BCUT2D eigenvalue weighted by Gasteiger charge is 2.21. The summed E-state index contributed by atoms with van der Waals surface area (Å²) in [6.07, 6.45) is 1.43. The van der Waals surface area contributed by atoms with E-state index >= 15 is 0 Å². The Bertz CT molecular complexity index is 571. The molecule has 0 saturated heterocycles. The molecular weight excluding hydrogens is 222 g/mol. The molecule has 0 unspecified atom stereocenters. The number of aromatic carboxylic acids is 2. The Balaban J connectivity index is 2.64. The van der Waals surface area contributed by atoms with Gasteiger partial charge in [0.05, 0.1) is 5.56 Å². The van der Waals surface area contributed by atoms with Crippen molar-refractivity contribution < 1.29 is 19.8 Å². The molecule has 2 aromatic rings. The van der Waals surface area contributed by atoms with Crippen molar-refractivity contribution in [2.24, 2.45) is 0 Å². The number of carboxylic acid groups (broad SMARTS) is 2. The second kappa shape index (κ2) is 4.13. The summed E-state index contributed by atoms with van der Waals surface area (Å²) < 4.78 is 1.34. The maximum atomic E-state index is 11.1. The van der Waals surface area contributed by atoms with Crippen LogP contribution in [0.3, 0.4) is 0 Å². The highest BCUT2D eigenvalue weighted by molar-refractivity contribution is 6.01. The van der Waals surface area contributed by atoms with Crippen molar-refractivity contribution in [1.29, 1.82) is 0 Å². The highest BCUT2D eigenvalue weighted by atomic mass is 16.4. The maximum Gasteiger partial charge on any atom is 0.353 e. The summed E-state index contributed by atoms with van der Waals surface area (Å²) in [6, 6.07) is 9.99. The predicted molar refractivity (Wildman–Crippen MR) is 59.7 cm³/mol. The fraction of sp³-hybridized carbons (Fsp3) is 0. The van der Waals surface area contributed by atoms with E-state index < -0.39 is 11.9 Å². The normalized spacial score (nSPS) is 10.1. The predicted octanol–water partition coefficient (Wildman–Crippen LogP) is 1.87. The Kier molecular flexibility index (Phi) is 2.66. The SMILES string of the molecule is O=C(O)c1ccn(-c2ccccc2)c1C(=O)O. The molecule has 0 aliphatic heterocycles. The Morgan fingerprint density at radius 2 is 1.59 bits per heavy atom. The molecule has 2 rings (SSSR count). The van der Waals surface area contributed by atoms with Gasteiger partial charge in [0, 0.05) is 11.9 Å². The van der Waals surface area contributed by atoms with E-state index in [0.717, 1.165) is 0 Å². The van der Waals surface area contributed by atoms with E-state index in [1.54, 1.807) is 30.3 Å². The van der Waals surface area contributed by atoms with E-state index in [4.69, 9.17) is 10.2 Å². The zero-order valence-electron chi connectivity index (χ0n) is 8.70. The third kappa shape index (κ3) is 1.90. The van der Waals surface area contributed by atoms with Crippen LogP contribution in [-0.2, 0) is 0 Å². The van der Waals surface area contributed by atoms with Crippen LogP contribution in [0.25, 0.3) is 5.69 Å². The highest BCUT2D eigenvalue weighted by Crippen LogP contribution is 2.17. The first-order valence-corrected chi connectivity index (χ1v) is 4.84. The summed E-state index contributed by atoms with van der Waals surface area (Å²) in [4.78, 5) is 22.0. The van der Waals surface area contributed by atoms with Gasteiger partial charge in [-0.05, 0) is 18.2 Å². The molecule has 1 aromatic heterocycles. The van der Waals surface area contributed by atoms with Gasteiger partial charge in [0.15, 0.2) is 0 Å². The van der Waals surface area contributed by atoms with Gasteiger partial charge in [0.25, 0.3) is 0 Å². The Hall–Kier alpha value is -2.56. The summed E-state index contributed by atoms with van der Waals surface area (Å²) in [5.41, 5.74) is 0.141. The summed E-state index contributed by atoms with van der Waals surface area (Å²) in [6.45, 7) is 0. The molecule has 0 aliphatic carbocycles. The molecule has 0 spiro atoms. The Labute approximate surface area is 96.5 Å².